The number of hydrogen-bond acceptors (Lipinski definition) is 2. The van der Waals surface area contributed by atoms with Gasteiger partial charge < -0.3 is 0 Å². The highest BCUT2D eigenvalue weighted by Crippen LogP contribution is 2.48. The summed E-state index contributed by atoms with van der Waals surface area (Å²) in [6.45, 7) is 0. The van der Waals surface area contributed by atoms with Crippen LogP contribution < -0.4 is 0 Å². The summed E-state index contributed by atoms with van der Waals surface area (Å²) in [5, 5.41) is 13.7. The Hall–Kier alpha value is -3.46. The fraction of sp³-hybridized carbons (Fsp3) is 0. The molecule has 0 fully saturated rings. The van der Waals surface area contributed by atoms with Crippen LogP contribution in [0.3, 0.4) is 0 Å². The van der Waals surface area contributed by atoms with Crippen molar-refractivity contribution >= 4 is 95.3 Å². The Morgan fingerprint density at radius 1 is 0.312 bits per heavy atom. The van der Waals surface area contributed by atoms with Crippen molar-refractivity contribution in [3.8, 4) is 0 Å². The predicted octanol–water partition coefficient (Wildman–Crippen LogP) is 9.88. The van der Waals surface area contributed by atoms with E-state index in [4.69, 9.17) is 0 Å². The molecule has 2 heterocycles. The highest BCUT2D eigenvalue weighted by atomic mass is 32.1. The average molecular weight is 441 g/mol. The van der Waals surface area contributed by atoms with Crippen molar-refractivity contribution in [1.82, 2.24) is 0 Å². The zero-order chi connectivity index (χ0) is 20.8. The molecule has 0 nitrogen and oxygen atoms in total. The van der Waals surface area contributed by atoms with E-state index < -0.39 is 0 Å². The molecule has 0 aliphatic heterocycles. The highest BCUT2D eigenvalue weighted by Gasteiger charge is 2.17. The maximum Gasteiger partial charge on any atom is 0.0362 e. The van der Waals surface area contributed by atoms with Crippen LogP contribution in [-0.2, 0) is 0 Å². The molecule has 8 rings (SSSR count). The first-order chi connectivity index (χ1) is 15.9. The largest absolute Gasteiger partial charge is 0.135 e. The third-order valence-corrected chi connectivity index (χ3v) is 9.07. The maximum atomic E-state index is 2.32. The molecule has 0 amide bonds. The molecule has 0 aliphatic carbocycles. The van der Waals surface area contributed by atoms with E-state index >= 15 is 0 Å². The van der Waals surface area contributed by atoms with Crippen molar-refractivity contribution in [1.29, 1.82) is 0 Å². The van der Waals surface area contributed by atoms with E-state index in [9.17, 15) is 0 Å². The fourth-order valence-electron chi connectivity index (χ4n) is 5.47. The van der Waals surface area contributed by atoms with Gasteiger partial charge in [0.05, 0.1) is 0 Å². The molecular weight excluding hydrogens is 424 g/mol. The molecule has 148 valence electrons. The van der Waals surface area contributed by atoms with Crippen LogP contribution >= 0.6 is 22.7 Å². The van der Waals surface area contributed by atoms with Crippen molar-refractivity contribution in [2.24, 2.45) is 0 Å². The number of fused-ring (bicyclic) bond motifs is 13. The summed E-state index contributed by atoms with van der Waals surface area (Å²) in [5.74, 6) is 0. The second kappa shape index (κ2) is 6.07. The van der Waals surface area contributed by atoms with Gasteiger partial charge in [-0.25, -0.2) is 0 Å². The molecule has 32 heavy (non-hydrogen) atoms. The Kier molecular flexibility index (Phi) is 3.25. The molecular formula is C30H16S2. The van der Waals surface area contributed by atoms with E-state index in [0.717, 1.165) is 0 Å². The highest BCUT2D eigenvalue weighted by molar-refractivity contribution is 7.27. The van der Waals surface area contributed by atoms with Gasteiger partial charge in [-0.05, 0) is 51.2 Å². The van der Waals surface area contributed by atoms with Gasteiger partial charge in [-0.3, -0.25) is 0 Å². The van der Waals surface area contributed by atoms with Crippen molar-refractivity contribution in [3.63, 3.8) is 0 Å². The minimum atomic E-state index is 1.31. The van der Waals surface area contributed by atoms with Gasteiger partial charge >= 0.3 is 0 Å². The number of benzene rings is 6. The van der Waals surface area contributed by atoms with Gasteiger partial charge in [0.25, 0.3) is 0 Å². The van der Waals surface area contributed by atoms with Gasteiger partial charge in [0, 0.05) is 45.7 Å². The van der Waals surface area contributed by atoms with Crippen LogP contribution in [0, 0.1) is 0 Å². The van der Waals surface area contributed by atoms with Gasteiger partial charge in [-0.1, -0.05) is 72.8 Å². The van der Waals surface area contributed by atoms with Gasteiger partial charge in [-0.15, -0.1) is 22.7 Å². The molecule has 0 unspecified atom stereocenters. The minimum Gasteiger partial charge on any atom is -0.135 e. The lowest BCUT2D eigenvalue weighted by Crippen LogP contribution is -1.80. The Labute approximate surface area is 191 Å². The molecule has 0 radical (unpaired) electrons. The zero-order valence-corrected chi connectivity index (χ0v) is 18.7. The molecule has 0 saturated carbocycles. The number of hydrogen-bond donors (Lipinski definition) is 0. The van der Waals surface area contributed by atoms with E-state index in [-0.39, 0.29) is 0 Å². The topological polar surface area (TPSA) is 0 Å². The maximum absolute atomic E-state index is 2.32. The molecule has 0 saturated heterocycles. The Bertz CT molecular complexity index is 1890. The third-order valence-electron chi connectivity index (χ3n) is 6.83. The van der Waals surface area contributed by atoms with Gasteiger partial charge in [-0.2, -0.15) is 0 Å². The smallest absolute Gasteiger partial charge is 0.0362 e. The van der Waals surface area contributed by atoms with E-state index in [2.05, 4.69) is 97.1 Å². The molecule has 2 aromatic heterocycles. The van der Waals surface area contributed by atoms with E-state index in [1.807, 2.05) is 22.7 Å². The lowest BCUT2D eigenvalue weighted by atomic mass is 9.95. The lowest BCUT2D eigenvalue weighted by Gasteiger charge is -2.07. The summed E-state index contributed by atoms with van der Waals surface area (Å²) in [6.07, 6.45) is 0. The van der Waals surface area contributed by atoms with Crippen LogP contribution in [0.5, 0.6) is 0 Å². The number of rotatable bonds is 0. The molecule has 0 bridgehead atoms. The second-order valence-electron chi connectivity index (χ2n) is 8.50. The SMILES string of the molecule is c1ccc2c(c1)ccc1sc3ccc4ccc5sc6ccc7ccccc7c6c5c4c3c12. The summed E-state index contributed by atoms with van der Waals surface area (Å²) in [6, 6.07) is 36.0. The fourth-order valence-corrected chi connectivity index (χ4v) is 7.73. The van der Waals surface area contributed by atoms with Crippen LogP contribution in [0.4, 0.5) is 0 Å². The molecule has 0 aliphatic rings. The first-order valence-electron chi connectivity index (χ1n) is 10.9. The summed E-state index contributed by atoms with van der Waals surface area (Å²) >= 11 is 3.83. The van der Waals surface area contributed by atoms with E-state index in [1.54, 1.807) is 0 Å². The van der Waals surface area contributed by atoms with Crippen LogP contribution in [0.25, 0.3) is 72.7 Å². The predicted molar refractivity (Wildman–Crippen MR) is 145 cm³/mol. The molecule has 0 atom stereocenters. The van der Waals surface area contributed by atoms with Gasteiger partial charge in [0.1, 0.15) is 0 Å². The van der Waals surface area contributed by atoms with Crippen LogP contribution in [0.15, 0.2) is 97.1 Å². The second-order valence-corrected chi connectivity index (χ2v) is 10.7. The normalized spacial score (nSPS) is 12.4. The third kappa shape index (κ3) is 2.11. The van der Waals surface area contributed by atoms with E-state index in [0.29, 0.717) is 0 Å². The summed E-state index contributed by atoms with van der Waals surface area (Å²) in [4.78, 5) is 0. The lowest BCUT2D eigenvalue weighted by molar-refractivity contribution is 1.82. The Morgan fingerprint density at radius 2 is 0.719 bits per heavy atom. The molecule has 2 heteroatoms. The van der Waals surface area contributed by atoms with Gasteiger partial charge in [0.15, 0.2) is 0 Å². The van der Waals surface area contributed by atoms with Crippen molar-refractivity contribution in [3.05, 3.63) is 97.1 Å². The van der Waals surface area contributed by atoms with Crippen molar-refractivity contribution in [2.45, 2.75) is 0 Å². The average Bonchev–Trinajstić information content (AvgIpc) is 3.42. The summed E-state index contributed by atoms with van der Waals surface area (Å²) in [7, 11) is 0. The van der Waals surface area contributed by atoms with Gasteiger partial charge in [0.2, 0.25) is 0 Å². The summed E-state index contributed by atoms with van der Waals surface area (Å²) < 4.78 is 5.48. The van der Waals surface area contributed by atoms with Crippen LogP contribution in [0.1, 0.15) is 0 Å². The summed E-state index contributed by atoms with van der Waals surface area (Å²) in [5.41, 5.74) is 0. The minimum absolute atomic E-state index is 1.31. The quantitative estimate of drug-likeness (QED) is 0.220. The first-order valence-corrected chi connectivity index (χ1v) is 12.5. The molecule has 0 N–H and O–H groups in total. The van der Waals surface area contributed by atoms with Crippen molar-refractivity contribution in [2.75, 3.05) is 0 Å². The van der Waals surface area contributed by atoms with Crippen LogP contribution in [-0.4, -0.2) is 0 Å². The Morgan fingerprint density at radius 3 is 1.22 bits per heavy atom. The number of thiophene rings is 2. The molecule has 6 aromatic carbocycles. The first kappa shape index (κ1) is 17.1. The van der Waals surface area contributed by atoms with E-state index in [1.165, 1.54) is 72.7 Å². The zero-order valence-electron chi connectivity index (χ0n) is 17.1. The molecule has 8 aromatic rings. The Balaban J connectivity index is 1.75. The molecule has 0 spiro atoms. The standard InChI is InChI=1S/C30H16S2/c1-3-7-20-17(5-1)9-13-22-27(20)29-24(31-22)15-11-19-12-16-25-30(26(19)29)28-21-8-4-2-6-18(21)10-14-23(28)32-25/h1-16H. The van der Waals surface area contributed by atoms with Crippen molar-refractivity contribution < 1.29 is 0 Å². The monoisotopic (exact) mass is 440 g/mol. The van der Waals surface area contributed by atoms with Crippen LogP contribution in [0.2, 0.25) is 0 Å².